The lowest BCUT2D eigenvalue weighted by Crippen LogP contribution is -2.51. The van der Waals surface area contributed by atoms with E-state index in [0.29, 0.717) is 43.8 Å². The molecule has 0 radical (unpaired) electrons. The molecule has 3 rings (SSSR count). The number of carbonyl (C=O) groups excluding carboxylic acids is 2. The van der Waals surface area contributed by atoms with Gasteiger partial charge in [0.2, 0.25) is 5.91 Å². The molecule has 0 aliphatic carbocycles. The highest BCUT2D eigenvalue weighted by molar-refractivity contribution is 7.13. The summed E-state index contributed by atoms with van der Waals surface area (Å²) in [5, 5.41) is 15.3. The van der Waals surface area contributed by atoms with Crippen LogP contribution >= 0.6 is 23.7 Å². The molecule has 1 aromatic rings. The minimum absolute atomic E-state index is 0. The van der Waals surface area contributed by atoms with Gasteiger partial charge in [-0.05, 0) is 6.92 Å². The number of hydrogen-bond acceptors (Lipinski definition) is 7. The molecule has 0 aromatic carbocycles. The van der Waals surface area contributed by atoms with Crippen molar-refractivity contribution in [3.8, 4) is 0 Å². The van der Waals surface area contributed by atoms with E-state index in [4.69, 9.17) is 5.11 Å². The molecule has 146 valence electrons. The smallest absolute Gasteiger partial charge is 0.282 e. The molecule has 3 heterocycles. The molecule has 1 unspecified atom stereocenters. The van der Waals surface area contributed by atoms with Crippen molar-refractivity contribution in [2.24, 2.45) is 0 Å². The zero-order valence-corrected chi connectivity index (χ0v) is 16.5. The van der Waals surface area contributed by atoms with Gasteiger partial charge in [0.25, 0.3) is 5.91 Å². The molecule has 1 saturated heterocycles. The molecule has 1 aromatic heterocycles. The Balaban J connectivity index is 0.00000243. The first-order valence-electron chi connectivity index (χ1n) is 8.68. The van der Waals surface area contributed by atoms with Crippen LogP contribution in [0.2, 0.25) is 0 Å². The third-order valence-electron chi connectivity index (χ3n) is 4.53. The van der Waals surface area contributed by atoms with Crippen molar-refractivity contribution in [3.63, 3.8) is 0 Å². The molecule has 10 heteroatoms. The second-order valence-corrected chi connectivity index (χ2v) is 7.60. The summed E-state index contributed by atoms with van der Waals surface area (Å²) in [7, 11) is 0. The molecule has 2 aliphatic rings. The lowest BCUT2D eigenvalue weighted by molar-refractivity contribution is -0.122. The fourth-order valence-corrected chi connectivity index (χ4v) is 4.11. The highest BCUT2D eigenvalue weighted by atomic mass is 35.5. The van der Waals surface area contributed by atoms with E-state index in [1.165, 1.54) is 16.2 Å². The van der Waals surface area contributed by atoms with Gasteiger partial charge in [-0.15, -0.1) is 23.7 Å². The molecule has 1 atom stereocenters. The summed E-state index contributed by atoms with van der Waals surface area (Å²) in [6, 6.07) is 0.401. The number of aliphatic hydroxyl groups is 1. The minimum atomic E-state index is -0.0944. The first-order chi connectivity index (χ1) is 12.1. The van der Waals surface area contributed by atoms with Crippen LogP contribution in [0.5, 0.6) is 0 Å². The highest BCUT2D eigenvalue weighted by Gasteiger charge is 2.27. The Morgan fingerprint density at radius 1 is 1.35 bits per heavy atom. The summed E-state index contributed by atoms with van der Waals surface area (Å²) in [6.07, 6.45) is 0.871. The van der Waals surface area contributed by atoms with Crippen molar-refractivity contribution >= 4 is 35.6 Å². The van der Waals surface area contributed by atoms with Crippen molar-refractivity contribution in [1.82, 2.24) is 25.4 Å². The van der Waals surface area contributed by atoms with E-state index < -0.39 is 0 Å². The zero-order valence-electron chi connectivity index (χ0n) is 14.9. The topological polar surface area (TPSA) is 97.8 Å². The standard InChI is InChI=1S/C16H25N5O3S.ClH/c1-11-8-12-13(9-18-11)25-15(19-12)16(24)21-5-3-20(4-6-21)10-14(23)17-2-7-22;/h11,18,22H,2-10H2,1H3,(H,17,23);1H. The largest absolute Gasteiger partial charge is 0.395 e. The quantitative estimate of drug-likeness (QED) is 0.611. The van der Waals surface area contributed by atoms with Crippen LogP contribution in [0.1, 0.15) is 27.3 Å². The van der Waals surface area contributed by atoms with Crippen LogP contribution in [0.3, 0.4) is 0 Å². The Morgan fingerprint density at radius 2 is 2.08 bits per heavy atom. The van der Waals surface area contributed by atoms with Gasteiger partial charge in [0.1, 0.15) is 0 Å². The van der Waals surface area contributed by atoms with Gasteiger partial charge in [0, 0.05) is 56.6 Å². The number of amides is 2. The number of aliphatic hydroxyl groups excluding tert-OH is 1. The van der Waals surface area contributed by atoms with Gasteiger partial charge in [0.05, 0.1) is 18.8 Å². The van der Waals surface area contributed by atoms with E-state index >= 15 is 0 Å². The molecule has 2 aliphatic heterocycles. The summed E-state index contributed by atoms with van der Waals surface area (Å²) in [6.45, 7) is 5.98. The number of hydrogen-bond donors (Lipinski definition) is 3. The predicted octanol–water partition coefficient (Wildman–Crippen LogP) is -0.535. The Morgan fingerprint density at radius 3 is 2.77 bits per heavy atom. The number of aromatic nitrogens is 1. The third-order valence-corrected chi connectivity index (χ3v) is 5.62. The Labute approximate surface area is 163 Å². The monoisotopic (exact) mass is 403 g/mol. The van der Waals surface area contributed by atoms with Crippen molar-refractivity contribution in [2.45, 2.75) is 25.9 Å². The van der Waals surface area contributed by atoms with Crippen molar-refractivity contribution in [3.05, 3.63) is 15.6 Å². The van der Waals surface area contributed by atoms with Crippen LogP contribution in [0.15, 0.2) is 0 Å². The number of nitrogens with one attached hydrogen (secondary N) is 2. The molecule has 0 bridgehead atoms. The van der Waals surface area contributed by atoms with E-state index in [2.05, 4.69) is 22.5 Å². The zero-order chi connectivity index (χ0) is 17.8. The molecule has 1 fully saturated rings. The molecule has 26 heavy (non-hydrogen) atoms. The highest BCUT2D eigenvalue weighted by Crippen LogP contribution is 2.24. The van der Waals surface area contributed by atoms with Crippen LogP contribution < -0.4 is 10.6 Å². The molecule has 3 N–H and O–H groups in total. The Hall–Kier alpha value is -1.26. The average molecular weight is 404 g/mol. The maximum atomic E-state index is 12.7. The number of nitrogens with zero attached hydrogens (tertiary/aromatic N) is 3. The second-order valence-electron chi connectivity index (χ2n) is 6.52. The maximum Gasteiger partial charge on any atom is 0.282 e. The molecule has 2 amide bonds. The second kappa shape index (κ2) is 9.61. The van der Waals surface area contributed by atoms with Crippen molar-refractivity contribution in [2.75, 3.05) is 45.9 Å². The van der Waals surface area contributed by atoms with Crippen molar-refractivity contribution in [1.29, 1.82) is 0 Å². The average Bonchev–Trinajstić information content (AvgIpc) is 3.03. The number of carbonyl (C=O) groups is 2. The van der Waals surface area contributed by atoms with E-state index in [1.807, 2.05) is 9.80 Å². The summed E-state index contributed by atoms with van der Waals surface area (Å²) in [4.78, 5) is 34.0. The molecule has 0 saturated carbocycles. The van der Waals surface area contributed by atoms with Gasteiger partial charge in [-0.1, -0.05) is 0 Å². The van der Waals surface area contributed by atoms with Crippen molar-refractivity contribution < 1.29 is 14.7 Å². The molecular weight excluding hydrogens is 378 g/mol. The number of thiazole rings is 1. The van der Waals surface area contributed by atoms with E-state index in [9.17, 15) is 9.59 Å². The number of fused-ring (bicyclic) bond motifs is 1. The first-order valence-corrected chi connectivity index (χ1v) is 9.49. The normalized spacial score (nSPS) is 20.2. The van der Waals surface area contributed by atoms with E-state index in [1.54, 1.807) is 0 Å². The van der Waals surface area contributed by atoms with Crippen LogP contribution in [0.4, 0.5) is 0 Å². The Bertz CT molecular complexity index is 633. The summed E-state index contributed by atoms with van der Waals surface area (Å²) < 4.78 is 0. The Kier molecular flexibility index (Phi) is 7.78. The molecular formula is C16H26ClN5O3S. The number of rotatable bonds is 5. The van der Waals surface area contributed by atoms with Gasteiger partial charge in [-0.3, -0.25) is 14.5 Å². The number of halogens is 1. The van der Waals surface area contributed by atoms with E-state index in [0.717, 1.165) is 18.7 Å². The summed E-state index contributed by atoms with van der Waals surface area (Å²) in [5.74, 6) is -0.0977. The third kappa shape index (κ3) is 5.14. The maximum absolute atomic E-state index is 12.7. The van der Waals surface area contributed by atoms with Crippen LogP contribution in [-0.2, 0) is 17.8 Å². The first kappa shape index (κ1) is 21.0. The lowest BCUT2D eigenvalue weighted by atomic mass is 10.1. The SMILES string of the molecule is CC1Cc2nc(C(=O)N3CCN(CC(=O)NCCO)CC3)sc2CN1.Cl. The fourth-order valence-electron chi connectivity index (χ4n) is 3.10. The lowest BCUT2D eigenvalue weighted by Gasteiger charge is -2.33. The van der Waals surface area contributed by atoms with Gasteiger partial charge in [-0.25, -0.2) is 4.98 Å². The molecule has 8 nitrogen and oxygen atoms in total. The number of piperazine rings is 1. The van der Waals surface area contributed by atoms with Gasteiger partial charge in [-0.2, -0.15) is 0 Å². The van der Waals surface area contributed by atoms with E-state index in [-0.39, 0.29) is 37.4 Å². The van der Waals surface area contributed by atoms with Gasteiger partial charge < -0.3 is 20.6 Å². The molecule has 0 spiro atoms. The van der Waals surface area contributed by atoms with Gasteiger partial charge in [0.15, 0.2) is 5.01 Å². The fraction of sp³-hybridized carbons (Fsp3) is 0.688. The van der Waals surface area contributed by atoms with Crippen LogP contribution in [0, 0.1) is 0 Å². The van der Waals surface area contributed by atoms with Gasteiger partial charge >= 0.3 is 0 Å². The predicted molar refractivity (Wildman–Crippen MR) is 102 cm³/mol. The summed E-state index contributed by atoms with van der Waals surface area (Å²) >= 11 is 1.49. The van der Waals surface area contributed by atoms with Crippen LogP contribution in [-0.4, -0.2) is 83.6 Å². The van der Waals surface area contributed by atoms with Crippen LogP contribution in [0.25, 0.3) is 0 Å². The summed E-state index contributed by atoms with van der Waals surface area (Å²) in [5.41, 5.74) is 1.05. The minimum Gasteiger partial charge on any atom is -0.395 e.